The monoisotopic (exact) mass is 363 g/mol. The first-order valence-electron chi connectivity index (χ1n) is 7.39. The summed E-state index contributed by atoms with van der Waals surface area (Å²) < 4.78 is 22.4. The number of thiophene rings is 1. The van der Waals surface area contributed by atoms with Gasteiger partial charge in [-0.1, -0.05) is 18.2 Å². The van der Waals surface area contributed by atoms with Crippen LogP contribution in [0.3, 0.4) is 0 Å². The number of sulfonamides is 1. The largest absolute Gasteiger partial charge is 0.361 e. The Kier molecular flexibility index (Phi) is 4.70. The second-order valence-electron chi connectivity index (χ2n) is 5.42. The van der Waals surface area contributed by atoms with Crippen LogP contribution in [-0.2, 0) is 16.4 Å². The van der Waals surface area contributed by atoms with Gasteiger partial charge in [0.25, 0.3) is 5.91 Å². The molecule has 1 amide bonds. The first-order chi connectivity index (χ1) is 11.4. The van der Waals surface area contributed by atoms with Crippen LogP contribution in [0.5, 0.6) is 0 Å². The molecule has 0 saturated heterocycles. The number of nitrogens with one attached hydrogen (secondary N) is 2. The standard InChI is InChI=1S/C16H17N3O3S2/c17-24(21,22)15-8-12(10-23-15)16(20)18-7-3-4-11-9-19-14-6-2-1-5-13(11)14/h1-2,5-6,8-10,19H,3-4,7H2,(H,18,20)(H2,17,21,22). The molecule has 0 aliphatic heterocycles. The fourth-order valence-electron chi connectivity index (χ4n) is 2.51. The maximum atomic E-state index is 12.0. The summed E-state index contributed by atoms with van der Waals surface area (Å²) in [4.78, 5) is 15.2. The van der Waals surface area contributed by atoms with Crippen molar-refractivity contribution in [1.29, 1.82) is 0 Å². The predicted molar refractivity (Wildman–Crippen MR) is 94.6 cm³/mol. The molecule has 6 nitrogen and oxygen atoms in total. The molecule has 8 heteroatoms. The summed E-state index contributed by atoms with van der Waals surface area (Å²) in [5.74, 6) is -0.292. The molecule has 0 aliphatic rings. The third-order valence-electron chi connectivity index (χ3n) is 3.70. The second kappa shape index (κ2) is 6.76. The summed E-state index contributed by atoms with van der Waals surface area (Å²) >= 11 is 0.946. The third kappa shape index (κ3) is 3.66. The molecule has 3 aromatic rings. The van der Waals surface area contributed by atoms with Gasteiger partial charge in [0, 0.05) is 29.0 Å². The number of hydrogen-bond acceptors (Lipinski definition) is 4. The van der Waals surface area contributed by atoms with Crippen molar-refractivity contribution in [3.05, 3.63) is 53.0 Å². The molecule has 0 saturated carbocycles. The quantitative estimate of drug-likeness (QED) is 0.585. The van der Waals surface area contributed by atoms with Crippen LogP contribution in [-0.4, -0.2) is 25.9 Å². The minimum atomic E-state index is -3.76. The fraction of sp³-hybridized carbons (Fsp3) is 0.188. The van der Waals surface area contributed by atoms with Crippen LogP contribution in [0.2, 0.25) is 0 Å². The van der Waals surface area contributed by atoms with Crippen molar-refractivity contribution in [3.8, 4) is 0 Å². The van der Waals surface area contributed by atoms with E-state index in [9.17, 15) is 13.2 Å². The zero-order valence-corrected chi connectivity index (χ0v) is 14.4. The molecule has 0 bridgehead atoms. The van der Waals surface area contributed by atoms with E-state index in [2.05, 4.69) is 16.4 Å². The number of hydrogen-bond donors (Lipinski definition) is 3. The lowest BCUT2D eigenvalue weighted by Gasteiger charge is -2.03. The molecule has 24 heavy (non-hydrogen) atoms. The smallest absolute Gasteiger partial charge is 0.252 e. The number of benzene rings is 1. The number of nitrogens with two attached hydrogens (primary N) is 1. The number of fused-ring (bicyclic) bond motifs is 1. The van der Waals surface area contributed by atoms with Crippen molar-refractivity contribution >= 4 is 38.2 Å². The first-order valence-corrected chi connectivity index (χ1v) is 9.82. The van der Waals surface area contributed by atoms with E-state index in [0.29, 0.717) is 12.1 Å². The van der Waals surface area contributed by atoms with Gasteiger partial charge in [-0.3, -0.25) is 4.79 Å². The van der Waals surface area contributed by atoms with E-state index in [4.69, 9.17) is 5.14 Å². The molecule has 0 fully saturated rings. The van der Waals surface area contributed by atoms with Crippen molar-refractivity contribution < 1.29 is 13.2 Å². The zero-order chi connectivity index (χ0) is 17.2. The summed E-state index contributed by atoms with van der Waals surface area (Å²) in [5, 5.41) is 10.5. The first kappa shape index (κ1) is 16.7. The van der Waals surface area contributed by atoms with Gasteiger partial charge in [-0.2, -0.15) is 0 Å². The minimum Gasteiger partial charge on any atom is -0.361 e. The molecule has 4 N–H and O–H groups in total. The number of aromatic nitrogens is 1. The molecule has 2 heterocycles. The van der Waals surface area contributed by atoms with Gasteiger partial charge in [-0.25, -0.2) is 13.6 Å². The van der Waals surface area contributed by atoms with Crippen molar-refractivity contribution in [2.45, 2.75) is 17.1 Å². The normalized spacial score (nSPS) is 11.7. The summed E-state index contributed by atoms with van der Waals surface area (Å²) in [6.07, 6.45) is 3.62. The predicted octanol–water partition coefficient (Wildman–Crippen LogP) is 2.24. The topological polar surface area (TPSA) is 105 Å². The van der Waals surface area contributed by atoms with E-state index < -0.39 is 10.0 Å². The summed E-state index contributed by atoms with van der Waals surface area (Å²) in [6, 6.07) is 9.38. The molecule has 1 aromatic carbocycles. The number of para-hydroxylation sites is 1. The van der Waals surface area contributed by atoms with E-state index in [0.717, 1.165) is 29.7 Å². The fourth-order valence-corrected chi connectivity index (χ4v) is 4.09. The number of H-pyrrole nitrogens is 1. The van der Waals surface area contributed by atoms with Gasteiger partial charge in [0.2, 0.25) is 10.0 Å². The molecular formula is C16H17N3O3S2. The number of rotatable bonds is 6. The number of aromatic amines is 1. The van der Waals surface area contributed by atoms with Crippen LogP contribution in [0.1, 0.15) is 22.3 Å². The van der Waals surface area contributed by atoms with Crippen molar-refractivity contribution in [3.63, 3.8) is 0 Å². The number of carbonyl (C=O) groups excluding carboxylic acids is 1. The number of primary sulfonamides is 1. The van der Waals surface area contributed by atoms with Crippen molar-refractivity contribution in [1.82, 2.24) is 10.3 Å². The Hall–Kier alpha value is -2.16. The van der Waals surface area contributed by atoms with Gasteiger partial charge in [0.1, 0.15) is 4.21 Å². The van der Waals surface area contributed by atoms with Crippen molar-refractivity contribution in [2.24, 2.45) is 5.14 Å². The van der Waals surface area contributed by atoms with Crippen LogP contribution in [0, 0.1) is 0 Å². The van der Waals surface area contributed by atoms with E-state index in [1.165, 1.54) is 22.4 Å². The average molecular weight is 363 g/mol. The lowest BCUT2D eigenvalue weighted by molar-refractivity contribution is 0.0953. The highest BCUT2D eigenvalue weighted by Crippen LogP contribution is 2.20. The highest BCUT2D eigenvalue weighted by atomic mass is 32.2. The van der Waals surface area contributed by atoms with Crippen molar-refractivity contribution in [2.75, 3.05) is 6.54 Å². The Morgan fingerprint density at radius 2 is 2.08 bits per heavy atom. The van der Waals surface area contributed by atoms with Crippen LogP contribution < -0.4 is 10.5 Å². The van der Waals surface area contributed by atoms with E-state index in [1.807, 2.05) is 24.4 Å². The molecule has 0 radical (unpaired) electrons. The maximum Gasteiger partial charge on any atom is 0.252 e. The molecule has 2 aromatic heterocycles. The molecule has 0 atom stereocenters. The maximum absolute atomic E-state index is 12.0. The minimum absolute atomic E-state index is 0.00792. The third-order valence-corrected chi connectivity index (χ3v) is 6.09. The second-order valence-corrected chi connectivity index (χ2v) is 8.12. The van der Waals surface area contributed by atoms with Gasteiger partial charge in [0.15, 0.2) is 0 Å². The Balaban J connectivity index is 1.53. The highest BCUT2D eigenvalue weighted by molar-refractivity contribution is 7.91. The highest BCUT2D eigenvalue weighted by Gasteiger charge is 2.14. The van der Waals surface area contributed by atoms with Gasteiger partial charge in [-0.05, 0) is 30.5 Å². The van der Waals surface area contributed by atoms with Gasteiger partial charge in [0.05, 0.1) is 5.56 Å². The average Bonchev–Trinajstić information content (AvgIpc) is 3.18. The van der Waals surface area contributed by atoms with Crippen LogP contribution in [0.4, 0.5) is 0 Å². The Morgan fingerprint density at radius 1 is 1.29 bits per heavy atom. The van der Waals surface area contributed by atoms with Gasteiger partial charge in [-0.15, -0.1) is 11.3 Å². The number of amides is 1. The number of carbonyl (C=O) groups is 1. The molecule has 0 unspecified atom stereocenters. The number of aryl methyl sites for hydroxylation is 1. The lowest BCUT2D eigenvalue weighted by atomic mass is 10.1. The Labute approximate surface area is 143 Å². The summed E-state index contributed by atoms with van der Waals surface area (Å²) in [7, 11) is -3.76. The SMILES string of the molecule is NS(=O)(=O)c1cc(C(=O)NCCCc2c[nH]c3ccccc23)cs1. The molecule has 0 aliphatic carbocycles. The van der Waals surface area contributed by atoms with Crippen LogP contribution in [0.25, 0.3) is 10.9 Å². The molecule has 126 valence electrons. The lowest BCUT2D eigenvalue weighted by Crippen LogP contribution is -2.24. The molecular weight excluding hydrogens is 346 g/mol. The molecule has 0 spiro atoms. The van der Waals surface area contributed by atoms with Gasteiger partial charge < -0.3 is 10.3 Å². The van der Waals surface area contributed by atoms with Gasteiger partial charge >= 0.3 is 0 Å². The molecule has 3 rings (SSSR count). The Morgan fingerprint density at radius 3 is 2.83 bits per heavy atom. The van der Waals surface area contributed by atoms with Crippen LogP contribution in [0.15, 0.2) is 46.1 Å². The summed E-state index contributed by atoms with van der Waals surface area (Å²) in [6.45, 7) is 0.513. The van der Waals surface area contributed by atoms with Crippen LogP contribution >= 0.6 is 11.3 Å². The summed E-state index contributed by atoms with van der Waals surface area (Å²) in [5.41, 5.74) is 2.63. The van der Waals surface area contributed by atoms with E-state index in [1.54, 1.807) is 0 Å². The van der Waals surface area contributed by atoms with E-state index >= 15 is 0 Å². The zero-order valence-electron chi connectivity index (χ0n) is 12.8. The van der Waals surface area contributed by atoms with E-state index in [-0.39, 0.29) is 10.1 Å². The Bertz CT molecular complexity index is 973.